The number of hydrogen-bond acceptors (Lipinski definition) is 2. The predicted molar refractivity (Wildman–Crippen MR) is 70.9 cm³/mol. The van der Waals surface area contributed by atoms with E-state index in [2.05, 4.69) is 18.3 Å². The highest BCUT2D eigenvalue weighted by atomic mass is 16.3. The van der Waals surface area contributed by atoms with E-state index in [9.17, 15) is 0 Å². The highest BCUT2D eigenvalue weighted by Crippen LogP contribution is 2.30. The molecule has 1 aromatic heterocycles. The van der Waals surface area contributed by atoms with Crippen molar-refractivity contribution in [2.75, 3.05) is 6.54 Å². The van der Waals surface area contributed by atoms with Gasteiger partial charge in [-0.15, -0.1) is 0 Å². The van der Waals surface area contributed by atoms with Gasteiger partial charge >= 0.3 is 0 Å². The van der Waals surface area contributed by atoms with Gasteiger partial charge in [0.15, 0.2) is 0 Å². The first-order valence-electron chi connectivity index (χ1n) is 7.04. The van der Waals surface area contributed by atoms with Crippen molar-refractivity contribution in [3.8, 4) is 0 Å². The van der Waals surface area contributed by atoms with Crippen LogP contribution in [0.5, 0.6) is 0 Å². The molecule has 1 aromatic rings. The van der Waals surface area contributed by atoms with Crippen LogP contribution in [-0.2, 0) is 6.54 Å². The lowest BCUT2D eigenvalue weighted by Crippen LogP contribution is -2.26. The summed E-state index contributed by atoms with van der Waals surface area (Å²) in [5.74, 6) is 3.95. The molecule has 1 aliphatic carbocycles. The minimum atomic E-state index is 0.877. The lowest BCUT2D eigenvalue weighted by Gasteiger charge is -2.27. The maximum atomic E-state index is 5.54. The fraction of sp³-hybridized carbons (Fsp3) is 0.733. The van der Waals surface area contributed by atoms with Crippen molar-refractivity contribution in [2.45, 2.75) is 52.5 Å². The van der Waals surface area contributed by atoms with E-state index in [-0.39, 0.29) is 0 Å². The van der Waals surface area contributed by atoms with Crippen LogP contribution in [0.15, 0.2) is 16.5 Å². The van der Waals surface area contributed by atoms with Gasteiger partial charge < -0.3 is 9.73 Å². The molecule has 0 saturated heterocycles. The van der Waals surface area contributed by atoms with Gasteiger partial charge in [0.2, 0.25) is 0 Å². The number of furan rings is 1. The molecule has 2 heteroatoms. The van der Waals surface area contributed by atoms with E-state index >= 15 is 0 Å². The Hall–Kier alpha value is -0.760. The van der Waals surface area contributed by atoms with Gasteiger partial charge in [-0.05, 0) is 50.3 Å². The summed E-state index contributed by atoms with van der Waals surface area (Å²) in [5.41, 5.74) is 0. The SMILES string of the molecule is CCC1CCC(CNCc2ccc(C)o2)CC1. The largest absolute Gasteiger partial charge is 0.465 e. The fourth-order valence-corrected chi connectivity index (χ4v) is 2.82. The van der Waals surface area contributed by atoms with Crippen LogP contribution >= 0.6 is 0 Å². The first kappa shape index (κ1) is 12.7. The monoisotopic (exact) mass is 235 g/mol. The summed E-state index contributed by atoms with van der Waals surface area (Å²) in [6.45, 7) is 6.34. The number of nitrogens with one attached hydrogen (secondary N) is 1. The van der Waals surface area contributed by atoms with E-state index in [1.165, 1.54) is 32.1 Å². The smallest absolute Gasteiger partial charge is 0.117 e. The molecule has 2 rings (SSSR count). The van der Waals surface area contributed by atoms with Gasteiger partial charge in [0.1, 0.15) is 11.5 Å². The molecule has 96 valence electrons. The maximum absolute atomic E-state index is 5.54. The molecule has 17 heavy (non-hydrogen) atoms. The molecular formula is C15H25NO. The molecule has 0 spiro atoms. The minimum absolute atomic E-state index is 0.877. The molecule has 0 bridgehead atoms. The standard InChI is InChI=1S/C15H25NO/c1-3-13-5-7-14(8-6-13)10-16-11-15-9-4-12(2)17-15/h4,9,13-14,16H,3,5-8,10-11H2,1-2H3. The quantitative estimate of drug-likeness (QED) is 0.837. The fourth-order valence-electron chi connectivity index (χ4n) is 2.82. The molecule has 0 aromatic carbocycles. The van der Waals surface area contributed by atoms with Crippen molar-refractivity contribution in [1.29, 1.82) is 0 Å². The van der Waals surface area contributed by atoms with E-state index in [1.807, 2.05) is 13.0 Å². The van der Waals surface area contributed by atoms with Crippen molar-refractivity contribution < 1.29 is 4.42 Å². The molecule has 2 nitrogen and oxygen atoms in total. The lowest BCUT2D eigenvalue weighted by atomic mass is 9.81. The van der Waals surface area contributed by atoms with E-state index in [1.54, 1.807) is 0 Å². The summed E-state index contributed by atoms with van der Waals surface area (Å²) in [6.07, 6.45) is 7.04. The number of rotatable bonds is 5. The van der Waals surface area contributed by atoms with Gasteiger partial charge in [0.25, 0.3) is 0 Å². The minimum Gasteiger partial charge on any atom is -0.465 e. The third-order valence-corrected chi connectivity index (χ3v) is 4.07. The zero-order chi connectivity index (χ0) is 12.1. The van der Waals surface area contributed by atoms with Crippen LogP contribution in [0.1, 0.15) is 50.5 Å². The topological polar surface area (TPSA) is 25.2 Å². The Kier molecular flexibility index (Phi) is 4.66. The summed E-state index contributed by atoms with van der Waals surface area (Å²) in [7, 11) is 0. The van der Waals surface area contributed by atoms with E-state index in [4.69, 9.17) is 4.42 Å². The molecule has 0 radical (unpaired) electrons. The normalized spacial score (nSPS) is 25.1. The maximum Gasteiger partial charge on any atom is 0.117 e. The van der Waals surface area contributed by atoms with Crippen LogP contribution < -0.4 is 5.32 Å². The highest BCUT2D eigenvalue weighted by Gasteiger charge is 2.19. The summed E-state index contributed by atoms with van der Waals surface area (Å²) < 4.78 is 5.54. The highest BCUT2D eigenvalue weighted by molar-refractivity contribution is 5.05. The molecule has 1 N–H and O–H groups in total. The van der Waals surface area contributed by atoms with E-state index in [0.29, 0.717) is 0 Å². The summed E-state index contributed by atoms with van der Waals surface area (Å²) >= 11 is 0. The Morgan fingerprint density at radius 2 is 1.88 bits per heavy atom. The Morgan fingerprint density at radius 1 is 1.18 bits per heavy atom. The lowest BCUT2D eigenvalue weighted by molar-refractivity contribution is 0.260. The molecule has 1 fully saturated rings. The third kappa shape index (κ3) is 3.88. The summed E-state index contributed by atoms with van der Waals surface area (Å²) in [5, 5.41) is 3.52. The molecule has 0 atom stereocenters. The second kappa shape index (κ2) is 6.25. The Morgan fingerprint density at radius 3 is 2.47 bits per heavy atom. The van der Waals surface area contributed by atoms with E-state index in [0.717, 1.165) is 36.4 Å². The first-order chi connectivity index (χ1) is 8.28. The average Bonchev–Trinajstić information content (AvgIpc) is 2.76. The molecule has 0 amide bonds. The van der Waals surface area contributed by atoms with Gasteiger partial charge in [0, 0.05) is 0 Å². The molecule has 0 unspecified atom stereocenters. The second-order valence-corrected chi connectivity index (χ2v) is 5.44. The predicted octanol–water partition coefficient (Wildman–Crippen LogP) is 3.89. The summed E-state index contributed by atoms with van der Waals surface area (Å²) in [6, 6.07) is 4.10. The van der Waals surface area contributed by atoms with Gasteiger partial charge in [-0.25, -0.2) is 0 Å². The zero-order valence-corrected chi connectivity index (χ0v) is 11.2. The van der Waals surface area contributed by atoms with Gasteiger partial charge in [0.05, 0.1) is 6.54 Å². The third-order valence-electron chi connectivity index (χ3n) is 4.07. The summed E-state index contributed by atoms with van der Waals surface area (Å²) in [4.78, 5) is 0. The van der Waals surface area contributed by atoms with Crippen molar-refractivity contribution in [3.63, 3.8) is 0 Å². The molecule has 0 aliphatic heterocycles. The Bertz CT molecular complexity index is 323. The van der Waals surface area contributed by atoms with Crippen LogP contribution in [0.2, 0.25) is 0 Å². The van der Waals surface area contributed by atoms with E-state index < -0.39 is 0 Å². The van der Waals surface area contributed by atoms with Gasteiger partial charge in [-0.2, -0.15) is 0 Å². The van der Waals surface area contributed by atoms with Crippen LogP contribution in [0.4, 0.5) is 0 Å². The second-order valence-electron chi connectivity index (χ2n) is 5.44. The molecular weight excluding hydrogens is 210 g/mol. The van der Waals surface area contributed by atoms with Crippen LogP contribution in [0.25, 0.3) is 0 Å². The van der Waals surface area contributed by atoms with Crippen molar-refractivity contribution in [3.05, 3.63) is 23.7 Å². The number of aryl methyl sites for hydroxylation is 1. The van der Waals surface area contributed by atoms with Crippen molar-refractivity contribution >= 4 is 0 Å². The number of hydrogen-bond donors (Lipinski definition) is 1. The first-order valence-corrected chi connectivity index (χ1v) is 7.04. The van der Waals surface area contributed by atoms with Crippen molar-refractivity contribution in [2.24, 2.45) is 11.8 Å². The van der Waals surface area contributed by atoms with Crippen LogP contribution in [-0.4, -0.2) is 6.54 Å². The molecule has 1 saturated carbocycles. The zero-order valence-electron chi connectivity index (χ0n) is 11.2. The van der Waals surface area contributed by atoms with Gasteiger partial charge in [-0.1, -0.05) is 26.2 Å². The van der Waals surface area contributed by atoms with Crippen LogP contribution in [0.3, 0.4) is 0 Å². The van der Waals surface area contributed by atoms with Crippen molar-refractivity contribution in [1.82, 2.24) is 5.32 Å². The Labute approximate surface area is 105 Å². The molecule has 1 heterocycles. The van der Waals surface area contributed by atoms with Crippen LogP contribution in [0, 0.1) is 18.8 Å². The molecule has 1 aliphatic rings. The van der Waals surface area contributed by atoms with Gasteiger partial charge in [-0.3, -0.25) is 0 Å². The average molecular weight is 235 g/mol. The Balaban J connectivity index is 1.63.